The van der Waals surface area contributed by atoms with Crippen LogP contribution < -0.4 is 5.32 Å². The molecular formula is C15H23NO8. The van der Waals surface area contributed by atoms with Gasteiger partial charge in [-0.25, -0.2) is 9.59 Å². The molecule has 0 aromatic carbocycles. The first kappa shape index (κ1) is 21.4. The normalized spacial score (nSPS) is 9.79. The highest BCUT2D eigenvalue weighted by Crippen LogP contribution is 1.96. The number of hydrogen-bond donors (Lipinski definition) is 1. The van der Waals surface area contributed by atoms with Gasteiger partial charge in [0, 0.05) is 6.08 Å². The number of hydrogen-bond acceptors (Lipinski definition) is 8. The first-order chi connectivity index (χ1) is 11.3. The molecule has 0 spiro atoms. The minimum Gasteiger partial charge on any atom is -0.464 e. The zero-order valence-corrected chi connectivity index (χ0v) is 13.9. The van der Waals surface area contributed by atoms with Gasteiger partial charge in [0.05, 0.1) is 25.5 Å². The maximum atomic E-state index is 11.4. The van der Waals surface area contributed by atoms with Gasteiger partial charge in [0.1, 0.15) is 19.8 Å². The third kappa shape index (κ3) is 13.1. The standard InChI is InChI=1S/C15H23NO8/c1-4-12(17)22-9-10-23-14(19)6-5-13(18)21-8-7-16-15(20)24-11(2)3/h4,11H,1,5-10H2,2-3H3,(H,16,20). The van der Waals surface area contributed by atoms with Crippen LogP contribution in [-0.2, 0) is 33.3 Å². The lowest BCUT2D eigenvalue weighted by molar-refractivity contribution is -0.152. The molecule has 24 heavy (non-hydrogen) atoms. The van der Waals surface area contributed by atoms with Crippen molar-refractivity contribution in [2.45, 2.75) is 32.8 Å². The molecule has 136 valence electrons. The summed E-state index contributed by atoms with van der Waals surface area (Å²) in [6, 6.07) is 0. The summed E-state index contributed by atoms with van der Waals surface area (Å²) in [5.41, 5.74) is 0. The lowest BCUT2D eigenvalue weighted by Gasteiger charge is -2.09. The molecule has 0 aromatic rings. The molecule has 0 saturated heterocycles. The van der Waals surface area contributed by atoms with Gasteiger partial charge in [0.15, 0.2) is 0 Å². The lowest BCUT2D eigenvalue weighted by Crippen LogP contribution is -2.30. The van der Waals surface area contributed by atoms with Crippen LogP contribution in [0.4, 0.5) is 4.79 Å². The number of amides is 1. The average Bonchev–Trinajstić information content (AvgIpc) is 2.52. The fourth-order valence-electron chi connectivity index (χ4n) is 1.28. The molecule has 9 heteroatoms. The van der Waals surface area contributed by atoms with E-state index in [1.54, 1.807) is 13.8 Å². The summed E-state index contributed by atoms with van der Waals surface area (Å²) in [5.74, 6) is -1.81. The van der Waals surface area contributed by atoms with Crippen molar-refractivity contribution in [2.24, 2.45) is 0 Å². The Labute approximate surface area is 140 Å². The van der Waals surface area contributed by atoms with Crippen molar-refractivity contribution in [3.8, 4) is 0 Å². The zero-order chi connectivity index (χ0) is 18.4. The van der Waals surface area contributed by atoms with Gasteiger partial charge in [-0.05, 0) is 13.8 Å². The van der Waals surface area contributed by atoms with Crippen LogP contribution in [0.15, 0.2) is 12.7 Å². The van der Waals surface area contributed by atoms with E-state index < -0.39 is 24.0 Å². The molecular weight excluding hydrogens is 322 g/mol. The van der Waals surface area contributed by atoms with Gasteiger partial charge in [0.2, 0.25) is 0 Å². The van der Waals surface area contributed by atoms with Crippen LogP contribution in [0, 0.1) is 0 Å². The quantitative estimate of drug-likeness (QED) is 0.252. The fraction of sp³-hybridized carbons (Fsp3) is 0.600. The molecule has 0 radical (unpaired) electrons. The second kappa shape index (κ2) is 12.9. The van der Waals surface area contributed by atoms with Crippen molar-refractivity contribution < 1.29 is 38.1 Å². The summed E-state index contributed by atoms with van der Waals surface area (Å²) in [5, 5.41) is 2.40. The summed E-state index contributed by atoms with van der Waals surface area (Å²) >= 11 is 0. The van der Waals surface area contributed by atoms with E-state index in [0.29, 0.717) is 0 Å². The average molecular weight is 345 g/mol. The van der Waals surface area contributed by atoms with Gasteiger partial charge in [-0.3, -0.25) is 9.59 Å². The van der Waals surface area contributed by atoms with Crippen LogP contribution in [0.2, 0.25) is 0 Å². The molecule has 0 bridgehead atoms. The highest BCUT2D eigenvalue weighted by molar-refractivity contribution is 5.81. The highest BCUT2D eigenvalue weighted by Gasteiger charge is 2.10. The van der Waals surface area contributed by atoms with Crippen LogP contribution in [-0.4, -0.2) is 56.5 Å². The van der Waals surface area contributed by atoms with Crippen LogP contribution in [0.1, 0.15) is 26.7 Å². The fourth-order valence-corrected chi connectivity index (χ4v) is 1.28. The van der Waals surface area contributed by atoms with E-state index in [9.17, 15) is 19.2 Å². The van der Waals surface area contributed by atoms with Crippen molar-refractivity contribution >= 4 is 24.0 Å². The first-order valence-corrected chi connectivity index (χ1v) is 7.40. The molecule has 0 rings (SSSR count). The van der Waals surface area contributed by atoms with E-state index in [0.717, 1.165) is 6.08 Å². The van der Waals surface area contributed by atoms with E-state index in [4.69, 9.17) is 14.2 Å². The summed E-state index contributed by atoms with van der Waals surface area (Å²) in [7, 11) is 0. The molecule has 1 N–H and O–H groups in total. The van der Waals surface area contributed by atoms with Crippen LogP contribution >= 0.6 is 0 Å². The molecule has 0 aliphatic heterocycles. The van der Waals surface area contributed by atoms with Crippen molar-refractivity contribution in [3.05, 3.63) is 12.7 Å². The predicted molar refractivity (Wildman–Crippen MR) is 81.9 cm³/mol. The molecule has 0 unspecified atom stereocenters. The number of esters is 3. The van der Waals surface area contributed by atoms with Gasteiger partial charge >= 0.3 is 24.0 Å². The van der Waals surface area contributed by atoms with Crippen LogP contribution in [0.5, 0.6) is 0 Å². The number of nitrogens with one attached hydrogen (secondary N) is 1. The van der Waals surface area contributed by atoms with Crippen LogP contribution in [0.25, 0.3) is 0 Å². The summed E-state index contributed by atoms with van der Waals surface area (Å²) < 4.78 is 19.0. The monoisotopic (exact) mass is 345 g/mol. The Morgan fingerprint density at radius 3 is 2.04 bits per heavy atom. The Morgan fingerprint density at radius 1 is 0.958 bits per heavy atom. The third-order valence-corrected chi connectivity index (χ3v) is 2.27. The maximum absolute atomic E-state index is 11.4. The number of ether oxygens (including phenoxy) is 4. The zero-order valence-electron chi connectivity index (χ0n) is 13.9. The number of alkyl carbamates (subject to hydrolysis) is 1. The predicted octanol–water partition coefficient (Wildman–Crippen LogP) is 0.717. The van der Waals surface area contributed by atoms with Crippen LogP contribution in [0.3, 0.4) is 0 Å². The maximum Gasteiger partial charge on any atom is 0.407 e. The SMILES string of the molecule is C=CC(=O)OCCOC(=O)CCC(=O)OCCNC(=O)OC(C)C. The Balaban J connectivity index is 3.60. The topological polar surface area (TPSA) is 117 Å². The van der Waals surface area contributed by atoms with E-state index in [-0.39, 0.29) is 45.3 Å². The third-order valence-electron chi connectivity index (χ3n) is 2.27. The summed E-state index contributed by atoms with van der Waals surface area (Å²) in [4.78, 5) is 44.5. The van der Waals surface area contributed by atoms with Crippen molar-refractivity contribution in [1.29, 1.82) is 0 Å². The van der Waals surface area contributed by atoms with Gasteiger partial charge in [-0.15, -0.1) is 0 Å². The van der Waals surface area contributed by atoms with Gasteiger partial charge in [-0.1, -0.05) is 6.58 Å². The summed E-state index contributed by atoms with van der Waals surface area (Å²) in [6.07, 6.45) is -0.144. The number of rotatable bonds is 11. The van der Waals surface area contributed by atoms with Crippen molar-refractivity contribution in [1.82, 2.24) is 5.32 Å². The molecule has 9 nitrogen and oxygen atoms in total. The Hall–Kier alpha value is -2.58. The molecule has 0 atom stereocenters. The lowest BCUT2D eigenvalue weighted by atomic mass is 10.3. The van der Waals surface area contributed by atoms with E-state index >= 15 is 0 Å². The van der Waals surface area contributed by atoms with Crippen molar-refractivity contribution in [2.75, 3.05) is 26.4 Å². The second-order valence-corrected chi connectivity index (χ2v) is 4.69. The van der Waals surface area contributed by atoms with Crippen molar-refractivity contribution in [3.63, 3.8) is 0 Å². The molecule has 1 amide bonds. The Morgan fingerprint density at radius 2 is 1.50 bits per heavy atom. The van der Waals surface area contributed by atoms with E-state index in [1.807, 2.05) is 0 Å². The molecule has 0 aliphatic carbocycles. The van der Waals surface area contributed by atoms with E-state index in [2.05, 4.69) is 16.6 Å². The minimum atomic E-state index is -0.611. The van der Waals surface area contributed by atoms with Gasteiger partial charge in [0.25, 0.3) is 0 Å². The second-order valence-electron chi connectivity index (χ2n) is 4.69. The molecule has 0 aliphatic rings. The first-order valence-electron chi connectivity index (χ1n) is 7.40. The Kier molecular flexibility index (Phi) is 11.5. The van der Waals surface area contributed by atoms with Gasteiger partial charge in [-0.2, -0.15) is 0 Å². The number of carbonyl (C=O) groups excluding carboxylic acids is 4. The van der Waals surface area contributed by atoms with E-state index in [1.165, 1.54) is 0 Å². The highest BCUT2D eigenvalue weighted by atomic mass is 16.6. The molecule has 0 fully saturated rings. The molecule has 0 heterocycles. The molecule has 0 aromatic heterocycles. The molecule has 0 saturated carbocycles. The largest absolute Gasteiger partial charge is 0.464 e. The summed E-state index contributed by atoms with van der Waals surface area (Å²) in [6.45, 7) is 6.53. The smallest absolute Gasteiger partial charge is 0.407 e. The number of carbonyl (C=O) groups is 4. The minimum absolute atomic E-state index is 0.0292. The Bertz CT molecular complexity index is 447. The van der Waals surface area contributed by atoms with Gasteiger partial charge < -0.3 is 24.3 Å².